The van der Waals surface area contributed by atoms with Crippen LogP contribution in [-0.2, 0) is 13.6 Å². The maximum absolute atomic E-state index is 14.5. The van der Waals surface area contributed by atoms with Gasteiger partial charge >= 0.3 is 6.18 Å². The summed E-state index contributed by atoms with van der Waals surface area (Å²) in [6, 6.07) is 11.9. The highest BCUT2D eigenvalue weighted by atomic mass is 19.4. The van der Waals surface area contributed by atoms with Crippen LogP contribution in [-0.4, -0.2) is 34.2 Å². The lowest BCUT2D eigenvalue weighted by Gasteiger charge is -2.25. The predicted molar refractivity (Wildman–Crippen MR) is 135 cm³/mol. The van der Waals surface area contributed by atoms with Crippen LogP contribution in [0.4, 0.5) is 23.2 Å². The molecule has 2 heterocycles. The molecular formula is C27H26F4N6O2. The third kappa shape index (κ3) is 4.64. The summed E-state index contributed by atoms with van der Waals surface area (Å²) in [5.41, 5.74) is -0.131. The maximum atomic E-state index is 14.5. The number of aromatic nitrogens is 2. The van der Waals surface area contributed by atoms with E-state index in [4.69, 9.17) is 10.4 Å². The van der Waals surface area contributed by atoms with Crippen molar-refractivity contribution in [1.29, 1.82) is 5.41 Å². The van der Waals surface area contributed by atoms with Crippen LogP contribution in [0.25, 0.3) is 5.82 Å². The molecule has 0 amide bonds. The molecule has 0 saturated heterocycles. The fourth-order valence-corrected chi connectivity index (χ4v) is 5.29. The monoisotopic (exact) mass is 542 g/mol. The zero-order valence-electron chi connectivity index (χ0n) is 21.2. The molecule has 2 N–H and O–H groups in total. The molecule has 1 saturated carbocycles. The van der Waals surface area contributed by atoms with Crippen molar-refractivity contribution in [3.63, 3.8) is 0 Å². The Balaban J connectivity index is 1.62. The van der Waals surface area contributed by atoms with E-state index < -0.39 is 28.9 Å². The molecule has 39 heavy (non-hydrogen) atoms. The highest BCUT2D eigenvalue weighted by Crippen LogP contribution is 2.32. The Morgan fingerprint density at radius 2 is 1.90 bits per heavy atom. The number of rotatable bonds is 6. The summed E-state index contributed by atoms with van der Waals surface area (Å²) in [4.78, 5) is 31.5. The lowest BCUT2D eigenvalue weighted by atomic mass is 10.1. The van der Waals surface area contributed by atoms with Gasteiger partial charge in [-0.15, -0.1) is 0 Å². The van der Waals surface area contributed by atoms with E-state index in [2.05, 4.69) is 5.32 Å². The second kappa shape index (κ2) is 9.83. The van der Waals surface area contributed by atoms with Crippen molar-refractivity contribution < 1.29 is 22.4 Å². The van der Waals surface area contributed by atoms with Gasteiger partial charge in [0.2, 0.25) is 5.62 Å². The number of alkyl halides is 3. The van der Waals surface area contributed by atoms with E-state index in [0.717, 1.165) is 31.4 Å². The zero-order valence-corrected chi connectivity index (χ0v) is 21.2. The summed E-state index contributed by atoms with van der Waals surface area (Å²) in [7, 11) is 3.32. The fourth-order valence-electron chi connectivity index (χ4n) is 5.29. The Morgan fingerprint density at radius 1 is 1.18 bits per heavy atom. The number of hydrogen-bond donors (Lipinski definition) is 2. The fraction of sp³-hybridized carbons (Fsp3) is 0.333. The van der Waals surface area contributed by atoms with Crippen molar-refractivity contribution in [1.82, 2.24) is 14.5 Å². The molecule has 0 radical (unpaired) electrons. The van der Waals surface area contributed by atoms with Gasteiger partial charge in [-0.05, 0) is 49.1 Å². The second-order valence-electron chi connectivity index (χ2n) is 9.69. The molecule has 0 unspecified atom stereocenters. The average molecular weight is 543 g/mol. The van der Waals surface area contributed by atoms with Crippen LogP contribution < -0.4 is 32.1 Å². The van der Waals surface area contributed by atoms with Gasteiger partial charge in [0.25, 0.3) is 11.3 Å². The van der Waals surface area contributed by atoms with Crippen LogP contribution in [0.5, 0.6) is 0 Å². The molecule has 2 atom stereocenters. The molecule has 3 aromatic rings. The zero-order chi connectivity index (χ0) is 28.1. The van der Waals surface area contributed by atoms with Crippen LogP contribution in [0, 0.1) is 11.2 Å². The summed E-state index contributed by atoms with van der Waals surface area (Å²) >= 11 is 0. The first kappa shape index (κ1) is 26.4. The molecule has 2 aliphatic rings. The van der Waals surface area contributed by atoms with Crippen molar-refractivity contribution in [3.05, 3.63) is 92.2 Å². The molecule has 1 aliphatic heterocycles. The first-order valence-corrected chi connectivity index (χ1v) is 12.4. The summed E-state index contributed by atoms with van der Waals surface area (Å²) in [5, 5.41) is 12.2. The largest absolute Gasteiger partial charge is 0.454 e. The highest BCUT2D eigenvalue weighted by Gasteiger charge is 2.40. The van der Waals surface area contributed by atoms with Crippen LogP contribution in [0.1, 0.15) is 41.2 Å². The number of anilines is 1. The standard InChI is InChI=1S/C27H26F4N6O2/c1-35(16-7-4-3-5-8-16)24(33-14-15-11-12-17(18(28)13-15)22(38)27(29,30)31)21-23(32)37-20-10-6-9-19(20)34-26(37)36(2)25(21)39/h3-5,7-8,11-13,19-20,32-33H,6,9-10,14H2,1-2H3/b24-21-,32-23?/t19-,20+/m1/s1. The minimum atomic E-state index is -5.19. The van der Waals surface area contributed by atoms with E-state index in [1.54, 1.807) is 23.6 Å². The number of halogens is 4. The number of carbonyl (C=O) groups excluding carboxylic acids is 1. The molecule has 1 aromatic heterocycles. The molecule has 1 fully saturated rings. The Bertz CT molecular complexity index is 1690. The summed E-state index contributed by atoms with van der Waals surface area (Å²) in [5.74, 6) is -3.29. The number of nitrogens with zero attached hydrogens (tertiary/aromatic N) is 4. The molecular weight excluding hydrogens is 516 g/mol. The lowest BCUT2D eigenvalue weighted by Crippen LogP contribution is -2.60. The van der Waals surface area contributed by atoms with E-state index >= 15 is 0 Å². The van der Waals surface area contributed by atoms with Crippen molar-refractivity contribution in [2.75, 3.05) is 11.9 Å². The summed E-state index contributed by atoms with van der Waals surface area (Å²) in [6.07, 6.45) is -2.50. The summed E-state index contributed by atoms with van der Waals surface area (Å²) < 4.78 is 56.1. The smallest absolute Gasteiger partial charge is 0.367 e. The Labute approximate surface area is 220 Å². The van der Waals surface area contributed by atoms with Gasteiger partial charge in [0.1, 0.15) is 22.3 Å². The van der Waals surface area contributed by atoms with E-state index in [0.29, 0.717) is 11.3 Å². The van der Waals surface area contributed by atoms with Crippen LogP contribution >= 0.6 is 0 Å². The first-order chi connectivity index (χ1) is 18.5. The van der Waals surface area contributed by atoms with E-state index in [9.17, 15) is 27.2 Å². The van der Waals surface area contributed by atoms with Gasteiger partial charge in [-0.3, -0.25) is 24.1 Å². The van der Waals surface area contributed by atoms with Gasteiger partial charge in [-0.1, -0.05) is 24.3 Å². The Kier molecular flexibility index (Phi) is 6.65. The number of para-hydroxylation sites is 1. The number of nitrogens with one attached hydrogen (secondary N) is 2. The molecule has 8 nitrogen and oxygen atoms in total. The van der Waals surface area contributed by atoms with Crippen LogP contribution in [0.15, 0.2) is 58.3 Å². The van der Waals surface area contributed by atoms with Gasteiger partial charge in [-0.2, -0.15) is 13.2 Å². The van der Waals surface area contributed by atoms with Gasteiger partial charge < -0.3 is 10.2 Å². The highest BCUT2D eigenvalue weighted by molar-refractivity contribution is 6.00. The van der Waals surface area contributed by atoms with Crippen molar-refractivity contribution in [2.24, 2.45) is 12.0 Å². The minimum Gasteiger partial charge on any atom is -0.367 e. The van der Waals surface area contributed by atoms with Gasteiger partial charge in [0, 0.05) is 26.3 Å². The van der Waals surface area contributed by atoms with E-state index in [-0.39, 0.29) is 40.7 Å². The molecule has 2 aromatic carbocycles. The maximum Gasteiger partial charge on any atom is 0.454 e. The molecule has 204 valence electrons. The molecule has 0 spiro atoms. The third-order valence-corrected chi connectivity index (χ3v) is 7.28. The number of Topliss-reactive ketones (excluding diaryl/α,β-unsaturated/α-hetero) is 1. The number of carbonyl (C=O) groups is 1. The van der Waals surface area contributed by atoms with E-state index in [1.165, 1.54) is 10.6 Å². The average Bonchev–Trinajstić information content (AvgIpc) is 3.50. The van der Waals surface area contributed by atoms with Gasteiger partial charge in [0.15, 0.2) is 0 Å². The molecule has 12 heteroatoms. The van der Waals surface area contributed by atoms with Crippen LogP contribution in [0.3, 0.4) is 0 Å². The molecule has 5 rings (SSSR count). The number of benzene rings is 2. The second-order valence-corrected chi connectivity index (χ2v) is 9.69. The quantitative estimate of drug-likeness (QED) is 0.369. The Hall–Kier alpha value is -4.22. The van der Waals surface area contributed by atoms with Crippen molar-refractivity contribution >= 4 is 17.3 Å². The lowest BCUT2D eigenvalue weighted by molar-refractivity contribution is -0.0887. The van der Waals surface area contributed by atoms with Gasteiger partial charge in [0.05, 0.1) is 17.6 Å². The van der Waals surface area contributed by atoms with Gasteiger partial charge in [-0.25, -0.2) is 9.38 Å². The van der Waals surface area contributed by atoms with E-state index in [1.807, 2.05) is 30.3 Å². The SMILES string of the molecule is CN(/C(NCc1ccc(C(=O)C(F)(F)F)c(F)c1)=c1\c(=O)n(C)c2n(c1=N)[C@H]1CCC[C@H]1N=2)c1ccccc1. The molecule has 0 bridgehead atoms. The predicted octanol–water partition coefficient (Wildman–Crippen LogP) is 2.27. The normalized spacial score (nSPS) is 18.7. The third-order valence-electron chi connectivity index (χ3n) is 7.28. The summed E-state index contributed by atoms with van der Waals surface area (Å²) in [6.45, 7) is -0.0926. The van der Waals surface area contributed by atoms with Crippen LogP contribution in [0.2, 0.25) is 0 Å². The number of ketones is 1. The van der Waals surface area contributed by atoms with Crippen molar-refractivity contribution in [2.45, 2.75) is 44.1 Å². The Morgan fingerprint density at radius 3 is 2.56 bits per heavy atom. The topological polar surface area (TPSA) is 95.5 Å². The molecule has 1 aliphatic carbocycles. The van der Waals surface area contributed by atoms with Crippen molar-refractivity contribution in [3.8, 4) is 0 Å². The first-order valence-electron chi connectivity index (χ1n) is 12.4. The minimum absolute atomic E-state index is 0.00571. The number of hydrogen-bond acceptors (Lipinski definition) is 6. The number of fused-ring (bicyclic) bond motifs is 3.